The van der Waals surface area contributed by atoms with Gasteiger partial charge in [-0.15, -0.1) is 0 Å². The topological polar surface area (TPSA) is 49.8 Å². The Morgan fingerprint density at radius 2 is 1.90 bits per heavy atom. The summed E-state index contributed by atoms with van der Waals surface area (Å²) in [6, 6.07) is 13.2. The molecule has 1 aliphatic carbocycles. The summed E-state index contributed by atoms with van der Waals surface area (Å²) in [6.45, 7) is 2.88. The Morgan fingerprint density at radius 1 is 1.14 bits per heavy atom. The minimum Gasteiger partial charge on any atom is -0.489 e. The highest BCUT2D eigenvalue weighted by Crippen LogP contribution is 2.48. The SMILES string of the molecule is O=C(O)C1(CN2CCC(C3c4ccc(F)cc4COc4ccccc43)CC2)CC1. The van der Waals surface area contributed by atoms with Gasteiger partial charge in [-0.25, -0.2) is 4.39 Å². The third kappa shape index (κ3) is 3.42. The first-order valence-electron chi connectivity index (χ1n) is 10.5. The zero-order valence-corrected chi connectivity index (χ0v) is 16.4. The Morgan fingerprint density at radius 3 is 2.62 bits per heavy atom. The highest BCUT2D eigenvalue weighted by Gasteiger charge is 2.51. The number of piperidine rings is 1. The number of fused-ring (bicyclic) bond motifs is 2. The van der Waals surface area contributed by atoms with Gasteiger partial charge < -0.3 is 14.7 Å². The van der Waals surface area contributed by atoms with Gasteiger partial charge in [0.1, 0.15) is 18.2 Å². The Balaban J connectivity index is 1.40. The van der Waals surface area contributed by atoms with Gasteiger partial charge in [-0.2, -0.15) is 0 Å². The molecule has 1 unspecified atom stereocenters. The summed E-state index contributed by atoms with van der Waals surface area (Å²) in [5.74, 6) is 0.624. The Kier molecular flexibility index (Phi) is 4.58. The van der Waals surface area contributed by atoms with Crippen molar-refractivity contribution in [2.24, 2.45) is 11.3 Å². The van der Waals surface area contributed by atoms with E-state index in [-0.39, 0.29) is 11.7 Å². The lowest BCUT2D eigenvalue weighted by molar-refractivity contribution is -0.144. The van der Waals surface area contributed by atoms with Crippen LogP contribution in [0, 0.1) is 17.2 Å². The maximum atomic E-state index is 13.9. The molecule has 29 heavy (non-hydrogen) atoms. The third-order valence-electron chi connectivity index (χ3n) is 7.01. The lowest BCUT2D eigenvalue weighted by Crippen LogP contribution is -2.41. The van der Waals surface area contributed by atoms with Gasteiger partial charge in [0.2, 0.25) is 0 Å². The van der Waals surface area contributed by atoms with E-state index in [4.69, 9.17) is 4.74 Å². The number of carbonyl (C=O) groups is 1. The molecule has 152 valence electrons. The van der Waals surface area contributed by atoms with Crippen LogP contribution in [0.4, 0.5) is 4.39 Å². The van der Waals surface area contributed by atoms with Crippen LogP contribution < -0.4 is 4.74 Å². The molecule has 2 aromatic carbocycles. The summed E-state index contributed by atoms with van der Waals surface area (Å²) < 4.78 is 19.9. The van der Waals surface area contributed by atoms with Crippen LogP contribution in [0.5, 0.6) is 5.75 Å². The maximum Gasteiger partial charge on any atom is 0.310 e. The molecular formula is C24H26FNO3. The monoisotopic (exact) mass is 395 g/mol. The molecule has 2 aromatic rings. The van der Waals surface area contributed by atoms with E-state index in [0.717, 1.165) is 50.1 Å². The van der Waals surface area contributed by atoms with E-state index in [1.165, 1.54) is 11.1 Å². The largest absolute Gasteiger partial charge is 0.489 e. The van der Waals surface area contributed by atoms with Gasteiger partial charge in [-0.3, -0.25) is 4.79 Å². The van der Waals surface area contributed by atoms with E-state index in [1.807, 2.05) is 24.3 Å². The number of carboxylic acids is 1. The fourth-order valence-electron chi connectivity index (χ4n) is 5.17. The number of carboxylic acid groups (broad SMARTS) is 1. The first-order valence-corrected chi connectivity index (χ1v) is 10.5. The summed E-state index contributed by atoms with van der Waals surface area (Å²) in [5, 5.41) is 9.49. The molecule has 1 N–H and O–H groups in total. The van der Waals surface area contributed by atoms with E-state index in [2.05, 4.69) is 11.0 Å². The number of aliphatic carboxylic acids is 1. The van der Waals surface area contributed by atoms with Crippen LogP contribution >= 0.6 is 0 Å². The van der Waals surface area contributed by atoms with Crippen molar-refractivity contribution in [2.45, 2.75) is 38.2 Å². The molecule has 0 aromatic heterocycles. The molecular weight excluding hydrogens is 369 g/mol. The number of halogens is 1. The summed E-state index contributed by atoms with van der Waals surface area (Å²) in [6.07, 6.45) is 3.61. The summed E-state index contributed by atoms with van der Waals surface area (Å²) in [4.78, 5) is 13.9. The van der Waals surface area contributed by atoms with Crippen molar-refractivity contribution >= 4 is 5.97 Å². The normalized spacial score (nSPS) is 23.4. The van der Waals surface area contributed by atoms with Gasteiger partial charge >= 0.3 is 5.97 Å². The van der Waals surface area contributed by atoms with Gasteiger partial charge in [0.15, 0.2) is 0 Å². The molecule has 0 radical (unpaired) electrons. The second-order valence-corrected chi connectivity index (χ2v) is 8.85. The van der Waals surface area contributed by atoms with Crippen molar-refractivity contribution in [3.05, 3.63) is 65.0 Å². The van der Waals surface area contributed by atoms with Crippen molar-refractivity contribution < 1.29 is 19.0 Å². The average Bonchev–Trinajstić information content (AvgIpc) is 3.52. The van der Waals surface area contributed by atoms with Gasteiger partial charge in [-0.1, -0.05) is 24.3 Å². The van der Waals surface area contributed by atoms with Crippen LogP contribution in [-0.4, -0.2) is 35.6 Å². The summed E-state index contributed by atoms with van der Waals surface area (Å²) in [5.41, 5.74) is 2.77. The number of hydrogen-bond acceptors (Lipinski definition) is 3. The zero-order chi connectivity index (χ0) is 20.0. The molecule has 5 heteroatoms. The standard InChI is InChI=1S/C24H26FNO3/c25-18-5-6-19-17(13-18)14-29-21-4-2-1-3-20(21)22(19)16-7-11-26(12-8-16)15-24(9-10-24)23(27)28/h1-6,13,16,22H,7-12,14-15H2,(H,27,28). The summed E-state index contributed by atoms with van der Waals surface area (Å²) >= 11 is 0. The first kappa shape index (κ1) is 18.6. The predicted molar refractivity (Wildman–Crippen MR) is 107 cm³/mol. The number of rotatable bonds is 4. The van der Waals surface area contributed by atoms with Crippen LogP contribution in [0.1, 0.15) is 48.3 Å². The highest BCUT2D eigenvalue weighted by molar-refractivity contribution is 5.78. The molecule has 3 aliphatic rings. The van der Waals surface area contributed by atoms with Crippen LogP contribution in [0.15, 0.2) is 42.5 Å². The predicted octanol–water partition coefficient (Wildman–Crippen LogP) is 4.43. The second-order valence-electron chi connectivity index (χ2n) is 8.85. The van der Waals surface area contributed by atoms with E-state index < -0.39 is 11.4 Å². The fourth-order valence-corrected chi connectivity index (χ4v) is 5.17. The van der Waals surface area contributed by atoms with Crippen molar-refractivity contribution in [1.29, 1.82) is 0 Å². The second kappa shape index (κ2) is 7.13. The summed E-state index contributed by atoms with van der Waals surface area (Å²) in [7, 11) is 0. The fraction of sp³-hybridized carbons (Fsp3) is 0.458. The molecule has 4 nitrogen and oxygen atoms in total. The van der Waals surface area contributed by atoms with Crippen LogP contribution in [0.3, 0.4) is 0 Å². The molecule has 1 saturated carbocycles. The molecule has 1 atom stereocenters. The van der Waals surface area contributed by atoms with E-state index in [0.29, 0.717) is 19.1 Å². The molecule has 2 aliphatic heterocycles. The quantitative estimate of drug-likeness (QED) is 0.832. The molecule has 5 rings (SSSR count). The number of benzene rings is 2. The van der Waals surface area contributed by atoms with Crippen molar-refractivity contribution in [2.75, 3.05) is 19.6 Å². The van der Waals surface area contributed by atoms with Gasteiger partial charge in [0, 0.05) is 18.0 Å². The molecule has 1 saturated heterocycles. The first-order chi connectivity index (χ1) is 14.1. The number of ether oxygens (including phenoxy) is 1. The molecule has 2 heterocycles. The van der Waals surface area contributed by atoms with Crippen LogP contribution in [0.2, 0.25) is 0 Å². The van der Waals surface area contributed by atoms with Crippen molar-refractivity contribution in [1.82, 2.24) is 4.90 Å². The van der Waals surface area contributed by atoms with E-state index in [9.17, 15) is 14.3 Å². The molecule has 2 fully saturated rings. The number of para-hydroxylation sites is 1. The van der Waals surface area contributed by atoms with Gasteiger partial charge in [-0.05, 0) is 74.0 Å². The number of nitrogens with zero attached hydrogens (tertiary/aromatic N) is 1. The zero-order valence-electron chi connectivity index (χ0n) is 16.4. The van der Waals surface area contributed by atoms with Crippen LogP contribution in [0.25, 0.3) is 0 Å². The Hall–Kier alpha value is -2.40. The average molecular weight is 395 g/mol. The lowest BCUT2D eigenvalue weighted by Gasteiger charge is -2.37. The Bertz CT molecular complexity index is 931. The van der Waals surface area contributed by atoms with E-state index in [1.54, 1.807) is 12.1 Å². The minimum atomic E-state index is -0.648. The number of hydrogen-bond donors (Lipinski definition) is 1. The molecule has 0 bridgehead atoms. The van der Waals surface area contributed by atoms with Crippen molar-refractivity contribution in [3.8, 4) is 5.75 Å². The maximum absolute atomic E-state index is 13.9. The van der Waals surface area contributed by atoms with Gasteiger partial charge in [0.25, 0.3) is 0 Å². The van der Waals surface area contributed by atoms with E-state index >= 15 is 0 Å². The number of likely N-dealkylation sites (tertiary alicyclic amines) is 1. The van der Waals surface area contributed by atoms with Crippen molar-refractivity contribution in [3.63, 3.8) is 0 Å². The van der Waals surface area contributed by atoms with Crippen LogP contribution in [-0.2, 0) is 11.4 Å². The third-order valence-corrected chi connectivity index (χ3v) is 7.01. The Labute approximate surface area is 170 Å². The minimum absolute atomic E-state index is 0.181. The molecule has 0 spiro atoms. The smallest absolute Gasteiger partial charge is 0.310 e. The highest BCUT2D eigenvalue weighted by atomic mass is 19.1. The van der Waals surface area contributed by atoms with Gasteiger partial charge in [0.05, 0.1) is 5.41 Å². The lowest BCUT2D eigenvalue weighted by atomic mass is 9.75. The molecule has 0 amide bonds.